The summed E-state index contributed by atoms with van der Waals surface area (Å²) in [5.74, 6) is 1.34. The summed E-state index contributed by atoms with van der Waals surface area (Å²) in [6.45, 7) is 3.95. The zero-order valence-corrected chi connectivity index (χ0v) is 13.7. The molecule has 1 aliphatic carbocycles. The van der Waals surface area contributed by atoms with Crippen molar-refractivity contribution in [2.24, 2.45) is 0 Å². The first-order chi connectivity index (χ1) is 9.58. The van der Waals surface area contributed by atoms with Crippen molar-refractivity contribution in [2.75, 3.05) is 14.2 Å². The predicted octanol–water partition coefficient (Wildman–Crippen LogP) is 3.43. The van der Waals surface area contributed by atoms with Crippen molar-refractivity contribution in [3.8, 4) is 11.5 Å². The van der Waals surface area contributed by atoms with E-state index in [1.807, 2.05) is 19.9 Å². The van der Waals surface area contributed by atoms with E-state index in [0.29, 0.717) is 31.3 Å². The van der Waals surface area contributed by atoms with Gasteiger partial charge in [0, 0.05) is 0 Å². The molecular weight excluding hydrogens is 278 g/mol. The van der Waals surface area contributed by atoms with Crippen LogP contribution in [0.25, 0.3) is 0 Å². The van der Waals surface area contributed by atoms with E-state index in [1.54, 1.807) is 14.2 Å². The fourth-order valence-corrected chi connectivity index (χ4v) is 4.45. The third kappa shape index (κ3) is 4.04. The number of aryl methyl sites for hydroxylation is 2. The van der Waals surface area contributed by atoms with Crippen molar-refractivity contribution >= 4 is 33.0 Å². The summed E-state index contributed by atoms with van der Waals surface area (Å²) in [6.07, 6.45) is 4.87. The van der Waals surface area contributed by atoms with Crippen LogP contribution in [0.4, 0.5) is 0 Å². The van der Waals surface area contributed by atoms with E-state index in [-0.39, 0.29) is 24.4 Å². The molecule has 1 aromatic rings. The van der Waals surface area contributed by atoms with Crippen LogP contribution >= 0.6 is 8.58 Å². The standard InChI is InChI=1S/C16H23O3P.Li.H/c1-10-9-11(2)15(19-4)13(14(10)18-3)16(17)20-12-7-5-6-8-12;;/h9,12,20H,5-8H2,1-4H3;;. The van der Waals surface area contributed by atoms with E-state index in [2.05, 4.69) is 0 Å². The second kappa shape index (κ2) is 8.23. The monoisotopic (exact) mass is 302 g/mol. The zero-order valence-electron chi connectivity index (χ0n) is 12.7. The van der Waals surface area contributed by atoms with E-state index in [1.165, 1.54) is 25.7 Å². The summed E-state index contributed by atoms with van der Waals surface area (Å²) in [5.41, 5.74) is 3.35. The number of benzene rings is 1. The van der Waals surface area contributed by atoms with E-state index < -0.39 is 0 Å². The van der Waals surface area contributed by atoms with E-state index in [4.69, 9.17) is 9.47 Å². The van der Waals surface area contributed by atoms with Gasteiger partial charge in [0.2, 0.25) is 0 Å². The number of hydrogen-bond acceptors (Lipinski definition) is 3. The van der Waals surface area contributed by atoms with Gasteiger partial charge >= 0.3 is 18.9 Å². The molecule has 0 aliphatic heterocycles. The van der Waals surface area contributed by atoms with Gasteiger partial charge in [-0.25, -0.2) is 0 Å². The van der Waals surface area contributed by atoms with Crippen molar-refractivity contribution in [3.05, 3.63) is 22.8 Å². The molecule has 112 valence electrons. The van der Waals surface area contributed by atoms with Crippen LogP contribution in [0.5, 0.6) is 11.5 Å². The van der Waals surface area contributed by atoms with Gasteiger partial charge in [0.15, 0.2) is 5.52 Å². The molecule has 3 nitrogen and oxygen atoms in total. The van der Waals surface area contributed by atoms with Crippen LogP contribution in [0.3, 0.4) is 0 Å². The Morgan fingerprint density at radius 2 is 1.57 bits per heavy atom. The Balaban J connectivity index is 0.00000220. The van der Waals surface area contributed by atoms with Crippen LogP contribution < -0.4 is 9.47 Å². The zero-order chi connectivity index (χ0) is 14.7. The van der Waals surface area contributed by atoms with Gasteiger partial charge in [-0.1, -0.05) is 12.8 Å². The van der Waals surface area contributed by atoms with Crippen LogP contribution in [0.1, 0.15) is 47.2 Å². The van der Waals surface area contributed by atoms with Gasteiger partial charge in [0.05, 0.1) is 14.2 Å². The number of rotatable bonds is 5. The Labute approximate surface area is 141 Å². The maximum atomic E-state index is 12.7. The topological polar surface area (TPSA) is 35.5 Å². The van der Waals surface area contributed by atoms with Gasteiger partial charge in [0.1, 0.15) is 17.1 Å². The molecule has 0 spiro atoms. The summed E-state index contributed by atoms with van der Waals surface area (Å²) in [4.78, 5) is 12.7. The van der Waals surface area contributed by atoms with E-state index in [9.17, 15) is 4.79 Å². The number of methoxy groups -OCH3 is 2. The fourth-order valence-electron chi connectivity index (χ4n) is 3.01. The normalized spacial score (nSPS) is 15.2. The summed E-state index contributed by atoms with van der Waals surface area (Å²) in [6, 6.07) is 2.01. The number of hydrogen-bond donors (Lipinski definition) is 0. The molecule has 0 bridgehead atoms. The molecule has 1 unspecified atom stereocenters. The Morgan fingerprint density at radius 3 is 2.00 bits per heavy atom. The molecule has 0 N–H and O–H groups in total. The van der Waals surface area contributed by atoms with Crippen molar-refractivity contribution in [2.45, 2.75) is 45.2 Å². The molecule has 1 aliphatic rings. The van der Waals surface area contributed by atoms with E-state index >= 15 is 0 Å². The Kier molecular flexibility index (Phi) is 7.28. The molecule has 1 saturated carbocycles. The molecule has 21 heavy (non-hydrogen) atoms. The van der Waals surface area contributed by atoms with Gasteiger partial charge in [-0.15, -0.1) is 0 Å². The molecule has 0 radical (unpaired) electrons. The molecule has 5 heteroatoms. The van der Waals surface area contributed by atoms with Gasteiger partial charge < -0.3 is 9.47 Å². The number of carbonyl (C=O) groups excluding carboxylic acids is 1. The molecule has 0 amide bonds. The third-order valence-corrected chi connectivity index (χ3v) is 5.43. The number of ether oxygens (including phenoxy) is 2. The van der Waals surface area contributed by atoms with Crippen molar-refractivity contribution in [1.82, 2.24) is 0 Å². The SMILES string of the molecule is COc1c(C)cc(C)c(OC)c1C(=O)PC1CCCC1.[LiH]. The Bertz CT molecular complexity index is 482. The van der Waals surface area contributed by atoms with Crippen molar-refractivity contribution in [3.63, 3.8) is 0 Å². The van der Waals surface area contributed by atoms with Crippen LogP contribution in [0, 0.1) is 13.8 Å². The first-order valence-electron chi connectivity index (χ1n) is 7.11. The molecule has 1 aromatic carbocycles. The van der Waals surface area contributed by atoms with Crippen molar-refractivity contribution < 1.29 is 14.3 Å². The minimum absolute atomic E-state index is 0. The summed E-state index contributed by atoms with van der Waals surface area (Å²) in [5, 5.41) is 0. The van der Waals surface area contributed by atoms with Crippen LogP contribution in [0.15, 0.2) is 6.07 Å². The number of carbonyl (C=O) groups is 1. The Hall–Kier alpha value is -0.483. The molecular formula is C16H24LiO3P. The molecule has 0 saturated heterocycles. The first kappa shape index (κ1) is 18.6. The molecule has 1 atom stereocenters. The van der Waals surface area contributed by atoms with Crippen LogP contribution in [-0.4, -0.2) is 44.3 Å². The van der Waals surface area contributed by atoms with Gasteiger partial charge in [-0.05, 0) is 58.1 Å². The average Bonchev–Trinajstić information content (AvgIpc) is 2.90. The molecule has 2 rings (SSSR count). The van der Waals surface area contributed by atoms with Crippen LogP contribution in [-0.2, 0) is 0 Å². The third-order valence-electron chi connectivity index (χ3n) is 3.93. The Morgan fingerprint density at radius 1 is 1.10 bits per heavy atom. The van der Waals surface area contributed by atoms with Crippen LogP contribution in [0.2, 0.25) is 0 Å². The van der Waals surface area contributed by atoms with Crippen molar-refractivity contribution in [1.29, 1.82) is 0 Å². The van der Waals surface area contributed by atoms with Gasteiger partial charge in [0.25, 0.3) is 0 Å². The fraction of sp³-hybridized carbons (Fsp3) is 0.562. The average molecular weight is 302 g/mol. The maximum absolute atomic E-state index is 12.7. The summed E-state index contributed by atoms with van der Waals surface area (Å²) in [7, 11) is 3.56. The minimum atomic E-state index is 0. The summed E-state index contributed by atoms with van der Waals surface area (Å²) < 4.78 is 10.9. The van der Waals surface area contributed by atoms with Gasteiger partial charge in [-0.2, -0.15) is 0 Å². The second-order valence-electron chi connectivity index (χ2n) is 5.41. The molecule has 0 aromatic heterocycles. The summed E-state index contributed by atoms with van der Waals surface area (Å²) >= 11 is 0. The second-order valence-corrected chi connectivity index (χ2v) is 6.97. The van der Waals surface area contributed by atoms with E-state index in [0.717, 1.165) is 11.1 Å². The predicted molar refractivity (Wildman–Crippen MR) is 91.1 cm³/mol. The molecule has 0 heterocycles. The first-order valence-corrected chi connectivity index (χ1v) is 8.19. The molecule has 1 fully saturated rings. The quantitative estimate of drug-likeness (QED) is 0.617. The van der Waals surface area contributed by atoms with Gasteiger partial charge in [-0.3, -0.25) is 4.79 Å².